The van der Waals surface area contributed by atoms with Gasteiger partial charge in [0.2, 0.25) is 0 Å². The summed E-state index contributed by atoms with van der Waals surface area (Å²) in [5, 5.41) is 0. The van der Waals surface area contributed by atoms with Crippen LogP contribution in [0.15, 0.2) is 0 Å². The van der Waals surface area contributed by atoms with Crippen LogP contribution in [0.25, 0.3) is 0 Å². The smallest absolute Gasteiger partial charge is 0.272 e. The van der Waals surface area contributed by atoms with Gasteiger partial charge in [-0.3, -0.25) is 5.73 Å². The molecule has 1 nitrogen and oxygen atoms in total. The fraction of sp³-hybridized carbons (Fsp3) is 1.00. The summed E-state index contributed by atoms with van der Waals surface area (Å²) < 4.78 is 24.0. The van der Waals surface area contributed by atoms with Gasteiger partial charge in [-0.15, -0.1) is 0 Å². The second kappa shape index (κ2) is 1.65. The second-order valence-electron chi connectivity index (χ2n) is 2.87. The normalized spacial score (nSPS) is 14.2. The fourth-order valence-corrected chi connectivity index (χ4v) is 0. The Morgan fingerprint density at radius 1 is 1.12 bits per heavy atom. The summed E-state index contributed by atoms with van der Waals surface area (Å²) in [4.78, 5) is 0. The van der Waals surface area contributed by atoms with Crippen molar-refractivity contribution in [2.75, 3.05) is 0 Å². The maximum Gasteiger partial charge on any atom is 0.304 e. The molecule has 8 heavy (non-hydrogen) atoms. The maximum atomic E-state index is 12.0. The van der Waals surface area contributed by atoms with Crippen LogP contribution >= 0.6 is 0 Å². The van der Waals surface area contributed by atoms with Crippen molar-refractivity contribution in [3.63, 3.8) is 0 Å². The molecule has 0 bridgehead atoms. The van der Waals surface area contributed by atoms with Crippen molar-refractivity contribution in [3.05, 3.63) is 0 Å². The first kappa shape index (κ1) is 7.82. The van der Waals surface area contributed by atoms with Crippen molar-refractivity contribution in [1.29, 1.82) is 0 Å². The Morgan fingerprint density at radius 3 is 1.25 bits per heavy atom. The molecule has 0 amide bonds. The van der Waals surface area contributed by atoms with Crippen LogP contribution in [0.3, 0.4) is 0 Å². The van der Waals surface area contributed by atoms with Gasteiger partial charge in [0.1, 0.15) is 0 Å². The lowest BCUT2D eigenvalue weighted by atomic mass is 9.94. The van der Waals surface area contributed by atoms with Gasteiger partial charge >= 0.3 is 6.05 Å². The molecule has 0 aliphatic carbocycles. The Labute approximate surface area is 47.9 Å². The largest absolute Gasteiger partial charge is 0.304 e. The van der Waals surface area contributed by atoms with E-state index in [-0.39, 0.29) is 0 Å². The quantitative estimate of drug-likeness (QED) is 0.486. The Kier molecular flexibility index (Phi) is 1.62. The summed E-state index contributed by atoms with van der Waals surface area (Å²) in [5.41, 5.74) is 3.36. The lowest BCUT2D eigenvalue weighted by Crippen LogP contribution is -2.42. The van der Waals surface area contributed by atoms with Gasteiger partial charge < -0.3 is 0 Å². The molecule has 50 valence electrons. The van der Waals surface area contributed by atoms with Gasteiger partial charge in [-0.25, -0.2) is 0 Å². The standard InChI is InChI=1S/C5H11F2N/c1-4(2,3)5(6,7)8/h8H2,1-3H3. The molecule has 2 N–H and O–H groups in total. The maximum absolute atomic E-state index is 12.0. The van der Waals surface area contributed by atoms with Gasteiger partial charge in [-0.2, -0.15) is 8.78 Å². The van der Waals surface area contributed by atoms with Crippen molar-refractivity contribution in [1.82, 2.24) is 0 Å². The molecule has 0 fully saturated rings. The zero-order valence-corrected chi connectivity index (χ0v) is 5.33. The number of nitrogens with two attached hydrogens (primary N) is 1. The van der Waals surface area contributed by atoms with E-state index >= 15 is 0 Å². The number of hydrogen-bond donors (Lipinski definition) is 1. The van der Waals surface area contributed by atoms with Crippen molar-refractivity contribution in [3.8, 4) is 0 Å². The third-order valence-electron chi connectivity index (χ3n) is 1.000. The van der Waals surface area contributed by atoms with Crippen LogP contribution in [0.1, 0.15) is 20.8 Å². The molecule has 0 heterocycles. The topological polar surface area (TPSA) is 26.0 Å². The van der Waals surface area contributed by atoms with Crippen LogP contribution in [0.5, 0.6) is 0 Å². The van der Waals surface area contributed by atoms with Gasteiger partial charge in [-0.1, -0.05) is 20.8 Å². The van der Waals surface area contributed by atoms with Crippen LogP contribution < -0.4 is 5.73 Å². The zero-order valence-electron chi connectivity index (χ0n) is 5.33. The van der Waals surface area contributed by atoms with Crippen LogP contribution in [0.2, 0.25) is 0 Å². The minimum atomic E-state index is -3.06. The van der Waals surface area contributed by atoms with Gasteiger partial charge in [0.15, 0.2) is 0 Å². The number of hydrogen-bond acceptors (Lipinski definition) is 1. The number of alkyl halides is 2. The first-order valence-electron chi connectivity index (χ1n) is 2.42. The predicted octanol–water partition coefficient (Wildman–Crippen LogP) is 1.58. The molecule has 0 radical (unpaired) electrons. The molecular formula is C5H11F2N. The van der Waals surface area contributed by atoms with Crippen molar-refractivity contribution < 1.29 is 8.78 Å². The van der Waals surface area contributed by atoms with Crippen LogP contribution in [-0.2, 0) is 0 Å². The molecular weight excluding hydrogens is 112 g/mol. The highest BCUT2D eigenvalue weighted by Gasteiger charge is 2.38. The number of halogens is 2. The molecule has 0 rings (SSSR count). The fourth-order valence-electron chi connectivity index (χ4n) is 0. The van der Waals surface area contributed by atoms with Crippen molar-refractivity contribution in [2.24, 2.45) is 11.1 Å². The molecule has 0 aliphatic rings. The third kappa shape index (κ3) is 1.74. The van der Waals surface area contributed by atoms with Gasteiger partial charge in [0, 0.05) is 5.41 Å². The highest BCUT2D eigenvalue weighted by molar-refractivity contribution is 4.74. The SMILES string of the molecule is CC(C)(C)C(N)(F)F. The van der Waals surface area contributed by atoms with E-state index in [1.807, 2.05) is 0 Å². The zero-order chi connectivity index (χ0) is 7.00. The minimum Gasteiger partial charge on any atom is -0.272 e. The highest BCUT2D eigenvalue weighted by atomic mass is 19.3. The minimum absolute atomic E-state index is 1.12. The molecule has 0 saturated carbocycles. The monoisotopic (exact) mass is 123 g/mol. The Hall–Kier alpha value is -0.180. The molecule has 0 spiro atoms. The lowest BCUT2D eigenvalue weighted by Gasteiger charge is -2.25. The van der Waals surface area contributed by atoms with Gasteiger partial charge in [0.05, 0.1) is 0 Å². The van der Waals surface area contributed by atoms with E-state index in [0.717, 1.165) is 0 Å². The first-order chi connectivity index (χ1) is 3.25. The Balaban J connectivity index is 4.02. The Morgan fingerprint density at radius 2 is 1.25 bits per heavy atom. The van der Waals surface area contributed by atoms with Gasteiger partial charge in [-0.05, 0) is 0 Å². The molecule has 0 unspecified atom stereocenters. The summed E-state index contributed by atoms with van der Waals surface area (Å²) >= 11 is 0. The van der Waals surface area contributed by atoms with E-state index in [4.69, 9.17) is 0 Å². The first-order valence-corrected chi connectivity index (χ1v) is 2.42. The summed E-state index contributed by atoms with van der Waals surface area (Å²) in [7, 11) is 0. The van der Waals surface area contributed by atoms with E-state index in [0.29, 0.717) is 0 Å². The number of rotatable bonds is 0. The van der Waals surface area contributed by atoms with Crippen LogP contribution in [-0.4, -0.2) is 6.05 Å². The average Bonchev–Trinajstić information content (AvgIpc) is 1.25. The van der Waals surface area contributed by atoms with Crippen LogP contribution in [0.4, 0.5) is 8.78 Å². The summed E-state index contributed by atoms with van der Waals surface area (Å²) in [5.74, 6) is 0. The summed E-state index contributed by atoms with van der Waals surface area (Å²) in [6.45, 7) is 4.19. The second-order valence-corrected chi connectivity index (χ2v) is 2.87. The molecule has 0 atom stereocenters. The van der Waals surface area contributed by atoms with Gasteiger partial charge in [0.25, 0.3) is 0 Å². The molecule has 0 aromatic rings. The summed E-state index contributed by atoms with van der Waals surface area (Å²) in [6.07, 6.45) is 0. The van der Waals surface area contributed by atoms with E-state index in [2.05, 4.69) is 5.73 Å². The predicted molar refractivity (Wildman–Crippen MR) is 28.6 cm³/mol. The third-order valence-corrected chi connectivity index (χ3v) is 1.000. The van der Waals surface area contributed by atoms with E-state index in [1.165, 1.54) is 20.8 Å². The van der Waals surface area contributed by atoms with Crippen molar-refractivity contribution in [2.45, 2.75) is 26.8 Å². The molecule has 3 heteroatoms. The molecule has 0 aromatic heterocycles. The molecule has 0 aliphatic heterocycles. The van der Waals surface area contributed by atoms with E-state index in [9.17, 15) is 8.78 Å². The lowest BCUT2D eigenvalue weighted by molar-refractivity contribution is -0.0903. The van der Waals surface area contributed by atoms with E-state index in [1.54, 1.807) is 0 Å². The van der Waals surface area contributed by atoms with Crippen LogP contribution in [0, 0.1) is 5.41 Å². The molecule has 0 aromatic carbocycles. The van der Waals surface area contributed by atoms with E-state index < -0.39 is 11.5 Å². The average molecular weight is 123 g/mol. The summed E-state index contributed by atoms with van der Waals surface area (Å²) in [6, 6.07) is -3.06. The Bertz CT molecular complexity index is 65.4. The highest BCUT2D eigenvalue weighted by Crippen LogP contribution is 2.29. The molecule has 0 saturated heterocycles. The van der Waals surface area contributed by atoms with Crippen molar-refractivity contribution >= 4 is 0 Å².